The van der Waals surface area contributed by atoms with E-state index in [2.05, 4.69) is 20.5 Å². The van der Waals surface area contributed by atoms with Crippen molar-refractivity contribution in [3.8, 4) is 22.7 Å². The van der Waals surface area contributed by atoms with Crippen LogP contribution in [-0.4, -0.2) is 21.1 Å². The molecule has 6 nitrogen and oxygen atoms in total. The van der Waals surface area contributed by atoms with Gasteiger partial charge in [0.25, 0.3) is 0 Å². The number of rotatable bonds is 7. The van der Waals surface area contributed by atoms with E-state index in [1.54, 1.807) is 11.3 Å². The fourth-order valence-corrected chi connectivity index (χ4v) is 3.48. The molecule has 0 fully saturated rings. The number of nitrogens with one attached hydrogen (secondary N) is 1. The van der Waals surface area contributed by atoms with Crippen molar-refractivity contribution in [2.75, 3.05) is 0 Å². The summed E-state index contributed by atoms with van der Waals surface area (Å²) in [5.41, 5.74) is 2.88. The lowest BCUT2D eigenvalue weighted by Gasteiger charge is -2.01. The highest BCUT2D eigenvalue weighted by molar-refractivity contribution is 7.09. The van der Waals surface area contributed by atoms with Crippen LogP contribution in [0, 0.1) is 0 Å². The first-order chi connectivity index (χ1) is 13.8. The number of hydrogen-bond acceptors (Lipinski definition) is 6. The second-order valence-corrected chi connectivity index (χ2v) is 7.08. The summed E-state index contributed by atoms with van der Waals surface area (Å²) in [6, 6.07) is 19.5. The lowest BCUT2D eigenvalue weighted by Crippen LogP contribution is -2.23. The Morgan fingerprint density at radius 3 is 2.43 bits per heavy atom. The largest absolute Gasteiger partial charge is 0.419 e. The van der Waals surface area contributed by atoms with Gasteiger partial charge in [-0.15, -0.1) is 21.5 Å². The van der Waals surface area contributed by atoms with Crippen molar-refractivity contribution in [1.29, 1.82) is 0 Å². The summed E-state index contributed by atoms with van der Waals surface area (Å²) in [6.45, 7) is 0.214. The van der Waals surface area contributed by atoms with E-state index in [1.807, 2.05) is 66.0 Å². The number of benzene rings is 2. The van der Waals surface area contributed by atoms with Crippen LogP contribution in [0.2, 0.25) is 0 Å². The zero-order valence-corrected chi connectivity index (χ0v) is 15.9. The first-order valence-corrected chi connectivity index (χ1v) is 9.80. The highest BCUT2D eigenvalue weighted by atomic mass is 32.1. The molecule has 0 atom stereocenters. The van der Waals surface area contributed by atoms with Gasteiger partial charge < -0.3 is 9.73 Å². The number of thiazole rings is 1. The molecule has 0 aliphatic heterocycles. The van der Waals surface area contributed by atoms with Gasteiger partial charge in [-0.05, 0) is 12.1 Å². The minimum absolute atomic E-state index is 0.0732. The second kappa shape index (κ2) is 8.58. The van der Waals surface area contributed by atoms with Crippen molar-refractivity contribution in [3.05, 3.63) is 76.9 Å². The third kappa shape index (κ3) is 4.50. The molecule has 2 aromatic heterocycles. The lowest BCUT2D eigenvalue weighted by atomic mass is 10.2. The molecular formula is C21H18N4O2S. The molecule has 2 heterocycles. The summed E-state index contributed by atoms with van der Waals surface area (Å²) in [6.07, 6.45) is 0.962. The SMILES string of the molecule is O=C(CCc1nc(-c2ccccc2)cs1)NCc1nnc(-c2ccccc2)o1. The van der Waals surface area contributed by atoms with Crippen LogP contribution in [0.15, 0.2) is 70.5 Å². The van der Waals surface area contributed by atoms with Crippen molar-refractivity contribution < 1.29 is 9.21 Å². The van der Waals surface area contributed by atoms with Crippen LogP contribution in [0.1, 0.15) is 17.3 Å². The van der Waals surface area contributed by atoms with Gasteiger partial charge in [0.15, 0.2) is 0 Å². The fourth-order valence-electron chi connectivity index (χ4n) is 2.67. The Morgan fingerprint density at radius 1 is 0.964 bits per heavy atom. The topological polar surface area (TPSA) is 80.9 Å². The van der Waals surface area contributed by atoms with Gasteiger partial charge in [0, 0.05) is 29.3 Å². The summed E-state index contributed by atoms with van der Waals surface area (Å²) in [4.78, 5) is 16.7. The van der Waals surface area contributed by atoms with Crippen molar-refractivity contribution in [2.24, 2.45) is 0 Å². The van der Waals surface area contributed by atoms with Crippen LogP contribution in [0.25, 0.3) is 22.7 Å². The monoisotopic (exact) mass is 390 g/mol. The van der Waals surface area contributed by atoms with Crippen molar-refractivity contribution in [1.82, 2.24) is 20.5 Å². The molecule has 7 heteroatoms. The quantitative estimate of drug-likeness (QED) is 0.514. The Bertz CT molecular complexity index is 961. The highest BCUT2D eigenvalue weighted by Gasteiger charge is 2.11. The summed E-state index contributed by atoms with van der Waals surface area (Å²) in [5.74, 6) is 0.754. The molecule has 4 rings (SSSR count). The molecule has 0 spiro atoms. The third-order valence-corrected chi connectivity index (χ3v) is 5.02. The summed E-state index contributed by atoms with van der Waals surface area (Å²) in [5, 5.41) is 13.8. The van der Waals surface area contributed by atoms with Gasteiger partial charge in [-0.3, -0.25) is 4.79 Å². The van der Waals surface area contributed by atoms with Crippen LogP contribution < -0.4 is 5.32 Å². The van der Waals surface area contributed by atoms with Crippen LogP contribution in [0.4, 0.5) is 0 Å². The molecule has 0 radical (unpaired) electrons. The van der Waals surface area contributed by atoms with Gasteiger partial charge in [-0.2, -0.15) is 0 Å². The van der Waals surface area contributed by atoms with E-state index < -0.39 is 0 Å². The van der Waals surface area contributed by atoms with Gasteiger partial charge >= 0.3 is 0 Å². The summed E-state index contributed by atoms with van der Waals surface area (Å²) < 4.78 is 5.59. The first-order valence-electron chi connectivity index (χ1n) is 8.92. The number of amides is 1. The van der Waals surface area contributed by atoms with Crippen molar-refractivity contribution >= 4 is 17.2 Å². The van der Waals surface area contributed by atoms with E-state index in [4.69, 9.17) is 4.42 Å². The standard InChI is InChI=1S/C21H18N4O2S/c26-18(11-12-20-23-17(14-28-20)15-7-3-1-4-8-15)22-13-19-24-25-21(27-19)16-9-5-2-6-10-16/h1-10,14H,11-13H2,(H,22,26). The van der Waals surface area contributed by atoms with E-state index in [0.29, 0.717) is 24.6 Å². The number of aryl methyl sites for hydroxylation is 1. The maximum absolute atomic E-state index is 12.1. The molecule has 0 aliphatic rings. The Hall–Kier alpha value is -3.32. The van der Waals surface area contributed by atoms with Gasteiger partial charge in [0.2, 0.25) is 17.7 Å². The molecule has 2 aromatic carbocycles. The smallest absolute Gasteiger partial charge is 0.247 e. The Morgan fingerprint density at radius 2 is 1.68 bits per heavy atom. The molecule has 28 heavy (non-hydrogen) atoms. The number of hydrogen-bond donors (Lipinski definition) is 1. The van der Waals surface area contributed by atoms with E-state index in [0.717, 1.165) is 21.8 Å². The molecule has 4 aromatic rings. The number of carbonyl (C=O) groups is 1. The highest BCUT2D eigenvalue weighted by Crippen LogP contribution is 2.22. The zero-order chi connectivity index (χ0) is 19.2. The second-order valence-electron chi connectivity index (χ2n) is 6.14. The Balaban J connectivity index is 1.26. The Kier molecular flexibility index (Phi) is 5.53. The van der Waals surface area contributed by atoms with Crippen LogP contribution in [-0.2, 0) is 17.8 Å². The zero-order valence-electron chi connectivity index (χ0n) is 15.0. The lowest BCUT2D eigenvalue weighted by molar-refractivity contribution is -0.121. The average Bonchev–Trinajstić information content (AvgIpc) is 3.42. The van der Waals surface area contributed by atoms with E-state index in [-0.39, 0.29) is 12.5 Å². The molecule has 1 amide bonds. The molecule has 0 saturated heterocycles. The number of aromatic nitrogens is 3. The van der Waals surface area contributed by atoms with E-state index in [9.17, 15) is 4.79 Å². The van der Waals surface area contributed by atoms with Gasteiger partial charge in [0.05, 0.1) is 17.2 Å². The van der Waals surface area contributed by atoms with Crippen LogP contribution in [0.3, 0.4) is 0 Å². The van der Waals surface area contributed by atoms with Gasteiger partial charge in [0.1, 0.15) is 0 Å². The molecule has 0 aliphatic carbocycles. The first kappa shape index (κ1) is 18.1. The maximum Gasteiger partial charge on any atom is 0.247 e. The van der Waals surface area contributed by atoms with Gasteiger partial charge in [-0.1, -0.05) is 48.5 Å². The normalized spacial score (nSPS) is 10.7. The van der Waals surface area contributed by atoms with Crippen molar-refractivity contribution in [3.63, 3.8) is 0 Å². The van der Waals surface area contributed by atoms with Crippen molar-refractivity contribution in [2.45, 2.75) is 19.4 Å². The maximum atomic E-state index is 12.1. The number of nitrogens with zero attached hydrogens (tertiary/aromatic N) is 3. The third-order valence-electron chi connectivity index (χ3n) is 4.11. The molecule has 0 bridgehead atoms. The predicted molar refractivity (Wildman–Crippen MR) is 107 cm³/mol. The van der Waals surface area contributed by atoms with Crippen LogP contribution >= 0.6 is 11.3 Å². The summed E-state index contributed by atoms with van der Waals surface area (Å²) >= 11 is 1.57. The van der Waals surface area contributed by atoms with E-state index in [1.165, 1.54) is 0 Å². The molecule has 0 saturated carbocycles. The van der Waals surface area contributed by atoms with Crippen LogP contribution in [0.5, 0.6) is 0 Å². The number of carbonyl (C=O) groups excluding carboxylic acids is 1. The average molecular weight is 390 g/mol. The molecule has 140 valence electrons. The molecule has 1 N–H and O–H groups in total. The minimum atomic E-state index is -0.0732. The fraction of sp³-hybridized carbons (Fsp3) is 0.143. The van der Waals surface area contributed by atoms with E-state index >= 15 is 0 Å². The molecular weight excluding hydrogens is 372 g/mol. The molecule has 0 unspecified atom stereocenters. The predicted octanol–water partition coefficient (Wildman–Crippen LogP) is 4.11. The Labute approximate surface area is 166 Å². The minimum Gasteiger partial charge on any atom is -0.419 e. The van der Waals surface area contributed by atoms with Gasteiger partial charge in [-0.25, -0.2) is 4.98 Å². The summed E-state index contributed by atoms with van der Waals surface area (Å²) in [7, 11) is 0.